The minimum Gasteiger partial charge on any atom is -0.387 e. The molecule has 0 radical (unpaired) electrons. The number of aliphatic hydroxyl groups excluding tert-OH is 2. The molecule has 5 rings (SSSR count). The topological polar surface area (TPSA) is 137 Å². The van der Waals surface area contributed by atoms with Gasteiger partial charge in [0, 0.05) is 13.1 Å². The van der Waals surface area contributed by atoms with Gasteiger partial charge >= 0.3 is 0 Å². The molecule has 238 valence electrons. The fraction of sp³-hybridized carbons (Fsp3) is 0.800. The lowest BCUT2D eigenvalue weighted by atomic mass is 9.87. The molecule has 1 aromatic carbocycles. The van der Waals surface area contributed by atoms with Gasteiger partial charge in [-0.25, -0.2) is 4.90 Å². The third-order valence-corrected chi connectivity index (χ3v) is 9.32. The van der Waals surface area contributed by atoms with Gasteiger partial charge in [-0.15, -0.1) is 0 Å². The SMILES string of the molecule is CCCCN1CNC(N)C2C1N([C@@H]1O[C@H](CN(C)CCCNC3Nc4ccc(C(C)(C)C)cc4N3)[C@@H](O)[C@H]1O)CN2C. The van der Waals surface area contributed by atoms with Crippen molar-refractivity contribution in [3.63, 3.8) is 0 Å². The van der Waals surface area contributed by atoms with Gasteiger partial charge in [0.2, 0.25) is 0 Å². The number of benzene rings is 1. The highest BCUT2D eigenvalue weighted by Gasteiger charge is 2.55. The van der Waals surface area contributed by atoms with Crippen LogP contribution in [0.5, 0.6) is 0 Å². The Morgan fingerprint density at radius 2 is 1.90 bits per heavy atom. The molecule has 0 aromatic heterocycles. The van der Waals surface area contributed by atoms with E-state index < -0.39 is 24.5 Å². The van der Waals surface area contributed by atoms with Crippen molar-refractivity contribution in [3.8, 4) is 0 Å². The van der Waals surface area contributed by atoms with Crippen LogP contribution in [0.15, 0.2) is 18.2 Å². The normalized spacial score (nSPS) is 34.0. The van der Waals surface area contributed by atoms with Gasteiger partial charge in [0.25, 0.3) is 0 Å². The second-order valence-electron chi connectivity index (χ2n) is 13.7. The van der Waals surface area contributed by atoms with Gasteiger partial charge < -0.3 is 36.2 Å². The summed E-state index contributed by atoms with van der Waals surface area (Å²) in [4.78, 5) is 9.00. The molecule has 8 N–H and O–H groups in total. The van der Waals surface area contributed by atoms with E-state index in [0.717, 1.165) is 50.3 Å². The highest BCUT2D eigenvalue weighted by Crippen LogP contribution is 2.35. The first-order valence-electron chi connectivity index (χ1n) is 15.8. The summed E-state index contributed by atoms with van der Waals surface area (Å²) in [6, 6.07) is 6.65. The first-order chi connectivity index (χ1) is 20.0. The fourth-order valence-corrected chi connectivity index (χ4v) is 6.84. The maximum atomic E-state index is 11.1. The molecule has 12 nitrogen and oxygen atoms in total. The number of anilines is 2. The molecule has 0 spiro atoms. The summed E-state index contributed by atoms with van der Waals surface area (Å²) in [6.45, 7) is 13.4. The lowest BCUT2D eigenvalue weighted by molar-refractivity contribution is -0.131. The Bertz CT molecular complexity index is 1040. The number of hydrogen-bond acceptors (Lipinski definition) is 12. The number of nitrogens with two attached hydrogens (primary N) is 1. The van der Waals surface area contributed by atoms with Gasteiger partial charge in [0.05, 0.1) is 43.1 Å². The van der Waals surface area contributed by atoms with Crippen molar-refractivity contribution in [2.24, 2.45) is 5.73 Å². The Hall–Kier alpha value is -1.58. The summed E-state index contributed by atoms with van der Waals surface area (Å²) in [5.41, 5.74) is 10.2. The number of hydrogen-bond donors (Lipinski definition) is 7. The summed E-state index contributed by atoms with van der Waals surface area (Å²) in [5.74, 6) is 0. The lowest BCUT2D eigenvalue weighted by Gasteiger charge is -2.46. The van der Waals surface area contributed by atoms with Crippen molar-refractivity contribution in [1.82, 2.24) is 30.2 Å². The summed E-state index contributed by atoms with van der Waals surface area (Å²) in [6.07, 6.45) is 0.0474. The number of nitrogens with zero attached hydrogens (tertiary/aromatic N) is 4. The van der Waals surface area contributed by atoms with Crippen LogP contribution in [-0.2, 0) is 10.2 Å². The second-order valence-corrected chi connectivity index (χ2v) is 13.7. The molecule has 4 heterocycles. The van der Waals surface area contributed by atoms with E-state index in [1.807, 2.05) is 7.05 Å². The maximum absolute atomic E-state index is 11.1. The van der Waals surface area contributed by atoms with E-state index in [9.17, 15) is 10.2 Å². The number of rotatable bonds is 11. The molecule has 12 heteroatoms. The van der Waals surface area contributed by atoms with Crippen LogP contribution in [0.3, 0.4) is 0 Å². The maximum Gasteiger partial charge on any atom is 0.153 e. The number of aliphatic hydroxyl groups is 2. The zero-order valence-electron chi connectivity index (χ0n) is 26.4. The van der Waals surface area contributed by atoms with Gasteiger partial charge in [0.15, 0.2) is 6.29 Å². The van der Waals surface area contributed by atoms with Crippen molar-refractivity contribution < 1.29 is 14.9 Å². The number of unbranched alkanes of at least 4 members (excludes halogenated alkanes) is 1. The molecule has 4 aliphatic heterocycles. The minimum absolute atomic E-state index is 0.00108. The summed E-state index contributed by atoms with van der Waals surface area (Å²) in [5, 5.41) is 36.2. The quantitative estimate of drug-likeness (QED) is 0.179. The molecule has 0 amide bonds. The lowest BCUT2D eigenvalue weighted by Crippen LogP contribution is -2.69. The Morgan fingerprint density at radius 3 is 2.64 bits per heavy atom. The first kappa shape index (κ1) is 31.8. The van der Waals surface area contributed by atoms with Crippen molar-refractivity contribution in [2.75, 3.05) is 64.2 Å². The van der Waals surface area contributed by atoms with E-state index in [-0.39, 0.29) is 30.1 Å². The number of nitrogens with one attached hydrogen (secondary N) is 4. The van der Waals surface area contributed by atoms with Crippen LogP contribution in [0.4, 0.5) is 11.4 Å². The van der Waals surface area contributed by atoms with Crippen molar-refractivity contribution >= 4 is 11.4 Å². The van der Waals surface area contributed by atoms with Crippen molar-refractivity contribution in [2.45, 2.75) is 102 Å². The summed E-state index contributed by atoms with van der Waals surface area (Å²) >= 11 is 0. The van der Waals surface area contributed by atoms with Gasteiger partial charge in [-0.2, -0.15) is 0 Å². The van der Waals surface area contributed by atoms with E-state index in [4.69, 9.17) is 10.5 Å². The van der Waals surface area contributed by atoms with Gasteiger partial charge in [-0.1, -0.05) is 40.2 Å². The standard InChI is InChI=1S/C30H55N9O3/c1-7-8-14-38-17-33-26(31)23-27(38)39(18-37(23)6)28-25(41)24(40)22(42-28)16-36(5)13-9-12-32-29-34-20-11-10-19(30(2,3)4)15-21(20)35-29/h10-11,15,22-29,32-35,40-41H,7-9,12-14,16-18,31H2,1-6H3/t22-,23?,24-,25-,26?,27?,28-,29?/m1/s1. The van der Waals surface area contributed by atoms with Crippen LogP contribution >= 0.6 is 0 Å². The molecule has 8 atom stereocenters. The third-order valence-electron chi connectivity index (χ3n) is 9.32. The highest BCUT2D eigenvalue weighted by molar-refractivity contribution is 5.75. The van der Waals surface area contributed by atoms with E-state index in [0.29, 0.717) is 19.9 Å². The second kappa shape index (κ2) is 13.2. The van der Waals surface area contributed by atoms with Crippen LogP contribution in [0.25, 0.3) is 0 Å². The summed E-state index contributed by atoms with van der Waals surface area (Å²) in [7, 11) is 4.11. The smallest absolute Gasteiger partial charge is 0.153 e. The van der Waals surface area contributed by atoms with E-state index in [1.54, 1.807) is 0 Å². The molecule has 42 heavy (non-hydrogen) atoms. The van der Waals surface area contributed by atoms with Crippen LogP contribution in [0.1, 0.15) is 52.5 Å². The average molecular weight is 590 g/mol. The third kappa shape index (κ3) is 6.73. The van der Waals surface area contributed by atoms with E-state index in [2.05, 4.69) is 93.8 Å². The number of fused-ring (bicyclic) bond motifs is 2. The zero-order valence-corrected chi connectivity index (χ0v) is 26.4. The molecule has 0 saturated carbocycles. The Kier molecular flexibility index (Phi) is 10.00. The molecular weight excluding hydrogens is 534 g/mol. The van der Waals surface area contributed by atoms with Gasteiger partial charge in [0.1, 0.15) is 24.5 Å². The molecular formula is C30H55N9O3. The Balaban J connectivity index is 1.09. The van der Waals surface area contributed by atoms with Gasteiger partial charge in [-0.05, 0) is 63.1 Å². The summed E-state index contributed by atoms with van der Waals surface area (Å²) < 4.78 is 6.42. The highest BCUT2D eigenvalue weighted by atomic mass is 16.6. The largest absolute Gasteiger partial charge is 0.387 e. The number of ether oxygens (including phenoxy) is 1. The molecule has 3 saturated heterocycles. The molecule has 3 fully saturated rings. The molecule has 1 aromatic rings. The molecule has 4 unspecified atom stereocenters. The monoisotopic (exact) mass is 589 g/mol. The Labute approximate surface area is 251 Å². The van der Waals surface area contributed by atoms with Crippen molar-refractivity contribution in [1.29, 1.82) is 0 Å². The zero-order chi connectivity index (χ0) is 30.2. The van der Waals surface area contributed by atoms with Crippen LogP contribution in [0.2, 0.25) is 0 Å². The first-order valence-corrected chi connectivity index (χ1v) is 15.8. The number of likely N-dealkylation sites (N-methyl/N-ethyl adjacent to an activating group) is 2. The predicted octanol–water partition coefficient (Wildman–Crippen LogP) is 0.311. The Morgan fingerprint density at radius 1 is 1.14 bits per heavy atom. The molecule has 0 aliphatic carbocycles. The molecule has 4 aliphatic rings. The van der Waals surface area contributed by atoms with Crippen LogP contribution < -0.4 is 27.0 Å². The van der Waals surface area contributed by atoms with Crippen molar-refractivity contribution in [3.05, 3.63) is 23.8 Å². The fourth-order valence-electron chi connectivity index (χ4n) is 6.84. The van der Waals surface area contributed by atoms with E-state index >= 15 is 0 Å². The predicted molar refractivity (Wildman–Crippen MR) is 167 cm³/mol. The van der Waals surface area contributed by atoms with Crippen LogP contribution in [-0.4, -0.2) is 133 Å². The van der Waals surface area contributed by atoms with Gasteiger partial charge in [-0.3, -0.25) is 20.4 Å². The van der Waals surface area contributed by atoms with E-state index in [1.165, 1.54) is 5.56 Å². The average Bonchev–Trinajstić information content (AvgIpc) is 3.60. The molecule has 0 bridgehead atoms. The minimum atomic E-state index is -0.976. The van der Waals surface area contributed by atoms with Crippen LogP contribution in [0, 0.1) is 0 Å².